The number of hydrogen-bond acceptors (Lipinski definition) is 4. The average Bonchev–Trinajstić information content (AvgIpc) is 2.66. The molecule has 132 valence electrons. The fraction of sp³-hybridized carbons (Fsp3) is 0.588. The van der Waals surface area contributed by atoms with Crippen molar-refractivity contribution in [1.82, 2.24) is 4.90 Å². The summed E-state index contributed by atoms with van der Waals surface area (Å²) in [5, 5.41) is 5.20. The maximum atomic E-state index is 12.8. The lowest BCUT2D eigenvalue weighted by Gasteiger charge is -2.27. The number of fused-ring (bicyclic) bond motifs is 1. The smallest absolute Gasteiger partial charge is 0.241 e. The lowest BCUT2D eigenvalue weighted by Crippen LogP contribution is -2.43. The maximum Gasteiger partial charge on any atom is 0.241 e. The minimum atomic E-state index is -3.72. The summed E-state index contributed by atoms with van der Waals surface area (Å²) >= 11 is 0. The number of likely N-dealkylation sites (tertiary alicyclic amines) is 1. The van der Waals surface area contributed by atoms with Gasteiger partial charge >= 0.3 is 0 Å². The molecule has 0 bridgehead atoms. The number of carbonyl (C=O) groups excluding carboxylic acids is 1. The van der Waals surface area contributed by atoms with Gasteiger partial charge in [-0.15, -0.1) is 0 Å². The third-order valence-electron chi connectivity index (χ3n) is 4.92. The summed E-state index contributed by atoms with van der Waals surface area (Å²) < 4.78 is 23.0. The number of carbonyl (C=O) groups is 1. The molecule has 0 aromatic heterocycles. The highest BCUT2D eigenvalue weighted by Crippen LogP contribution is 2.33. The molecule has 2 aliphatic rings. The van der Waals surface area contributed by atoms with E-state index in [1.807, 2.05) is 11.8 Å². The number of amides is 1. The van der Waals surface area contributed by atoms with Crippen LogP contribution in [0.5, 0.6) is 0 Å². The van der Waals surface area contributed by atoms with Crippen LogP contribution in [0.3, 0.4) is 0 Å². The molecule has 1 aromatic carbocycles. The highest BCUT2D eigenvalue weighted by atomic mass is 32.2. The molecule has 1 aromatic rings. The first-order valence-corrected chi connectivity index (χ1v) is 10.1. The standard InChI is InChI=1S/C17H25N3O3S/c1-13-10-14-11-15(24(18,22)23)6-7-16(14)20(13)17(21)12-19-8-4-2-3-5-9-19/h6-7,11,13H,2-5,8-10,12H2,1H3,(H2,18,22,23). The minimum absolute atomic E-state index is 0.0372. The molecule has 1 amide bonds. The van der Waals surface area contributed by atoms with Crippen molar-refractivity contribution >= 4 is 21.6 Å². The second-order valence-corrected chi connectivity index (χ2v) is 8.40. The number of rotatable bonds is 3. The molecule has 2 N–H and O–H groups in total. The zero-order chi connectivity index (χ0) is 17.3. The summed E-state index contributed by atoms with van der Waals surface area (Å²) in [5.74, 6) is 0.0894. The van der Waals surface area contributed by atoms with Gasteiger partial charge in [0.2, 0.25) is 15.9 Å². The summed E-state index contributed by atoms with van der Waals surface area (Å²) in [6, 6.07) is 4.83. The van der Waals surface area contributed by atoms with Crippen LogP contribution in [0.25, 0.3) is 0 Å². The van der Waals surface area contributed by atoms with Gasteiger partial charge in [-0.1, -0.05) is 12.8 Å². The van der Waals surface area contributed by atoms with Gasteiger partial charge in [0.1, 0.15) is 0 Å². The van der Waals surface area contributed by atoms with E-state index >= 15 is 0 Å². The van der Waals surface area contributed by atoms with Crippen LogP contribution in [0.4, 0.5) is 5.69 Å². The van der Waals surface area contributed by atoms with Gasteiger partial charge in [-0.3, -0.25) is 9.69 Å². The van der Waals surface area contributed by atoms with E-state index in [0.29, 0.717) is 13.0 Å². The highest BCUT2D eigenvalue weighted by Gasteiger charge is 2.32. The molecule has 2 heterocycles. The Labute approximate surface area is 143 Å². The number of sulfonamides is 1. The van der Waals surface area contributed by atoms with E-state index in [1.165, 1.54) is 18.9 Å². The Morgan fingerprint density at radius 2 is 1.88 bits per heavy atom. The van der Waals surface area contributed by atoms with Crippen molar-refractivity contribution in [2.75, 3.05) is 24.5 Å². The summed E-state index contributed by atoms with van der Waals surface area (Å²) in [7, 11) is -3.72. The lowest BCUT2D eigenvalue weighted by molar-refractivity contribution is -0.120. The first-order valence-electron chi connectivity index (χ1n) is 8.56. The molecule has 1 atom stereocenters. The molecule has 0 spiro atoms. The zero-order valence-corrected chi connectivity index (χ0v) is 14.9. The third kappa shape index (κ3) is 3.63. The fourth-order valence-electron chi connectivity index (χ4n) is 3.73. The summed E-state index contributed by atoms with van der Waals surface area (Å²) in [4.78, 5) is 17.0. The van der Waals surface area contributed by atoms with Gasteiger partial charge in [0.05, 0.1) is 11.4 Å². The Hall–Kier alpha value is -1.44. The number of nitrogens with two attached hydrogens (primary N) is 1. The third-order valence-corrected chi connectivity index (χ3v) is 5.83. The molecule has 3 rings (SSSR count). The first kappa shape index (κ1) is 17.4. The molecule has 1 fully saturated rings. The summed E-state index contributed by atoms with van der Waals surface area (Å²) in [6.45, 7) is 4.38. The van der Waals surface area contributed by atoms with E-state index in [4.69, 9.17) is 5.14 Å². The second-order valence-electron chi connectivity index (χ2n) is 6.84. The Balaban J connectivity index is 1.79. The summed E-state index contributed by atoms with van der Waals surface area (Å²) in [6.07, 6.45) is 5.44. The molecule has 0 saturated carbocycles. The SMILES string of the molecule is CC1Cc2cc(S(N)(=O)=O)ccc2N1C(=O)CN1CCCCCC1. The van der Waals surface area contributed by atoms with E-state index in [2.05, 4.69) is 4.90 Å². The Bertz CT molecular complexity index is 725. The van der Waals surface area contributed by atoms with Crippen LogP contribution in [0.1, 0.15) is 38.2 Å². The van der Waals surface area contributed by atoms with Gasteiger partial charge in [-0.2, -0.15) is 0 Å². The van der Waals surface area contributed by atoms with Crippen molar-refractivity contribution in [3.8, 4) is 0 Å². The minimum Gasteiger partial charge on any atom is -0.308 e. The fourth-order valence-corrected chi connectivity index (χ4v) is 4.29. The van der Waals surface area contributed by atoms with Crippen LogP contribution >= 0.6 is 0 Å². The van der Waals surface area contributed by atoms with Gasteiger partial charge in [0.15, 0.2) is 0 Å². The molecule has 1 saturated heterocycles. The normalized spacial score (nSPS) is 22.2. The van der Waals surface area contributed by atoms with E-state index in [1.54, 1.807) is 12.1 Å². The van der Waals surface area contributed by atoms with E-state index in [0.717, 1.165) is 37.2 Å². The molecule has 6 nitrogen and oxygen atoms in total. The number of nitrogens with zero attached hydrogens (tertiary/aromatic N) is 2. The van der Waals surface area contributed by atoms with Crippen molar-refractivity contribution < 1.29 is 13.2 Å². The number of primary sulfonamides is 1. The largest absolute Gasteiger partial charge is 0.308 e. The maximum absolute atomic E-state index is 12.8. The molecule has 0 aliphatic carbocycles. The molecule has 1 unspecified atom stereocenters. The van der Waals surface area contributed by atoms with Crippen LogP contribution in [0.15, 0.2) is 23.1 Å². The monoisotopic (exact) mass is 351 g/mol. The topological polar surface area (TPSA) is 83.7 Å². The van der Waals surface area contributed by atoms with Gasteiger partial charge in [0, 0.05) is 11.7 Å². The lowest BCUT2D eigenvalue weighted by atomic mass is 10.1. The predicted octanol–water partition coefficient (Wildman–Crippen LogP) is 1.49. The van der Waals surface area contributed by atoms with Crippen LogP contribution in [-0.2, 0) is 21.2 Å². The first-order chi connectivity index (χ1) is 11.4. The van der Waals surface area contributed by atoms with E-state index < -0.39 is 10.0 Å². The molecular formula is C17H25N3O3S. The average molecular weight is 351 g/mol. The van der Waals surface area contributed by atoms with E-state index in [9.17, 15) is 13.2 Å². The molecule has 2 aliphatic heterocycles. The van der Waals surface area contributed by atoms with Crippen molar-refractivity contribution in [2.24, 2.45) is 5.14 Å². The molecular weight excluding hydrogens is 326 g/mol. The molecule has 0 radical (unpaired) electrons. The Morgan fingerprint density at radius 1 is 1.21 bits per heavy atom. The van der Waals surface area contributed by atoms with Crippen molar-refractivity contribution in [3.05, 3.63) is 23.8 Å². The van der Waals surface area contributed by atoms with E-state index in [-0.39, 0.29) is 16.8 Å². The van der Waals surface area contributed by atoms with Crippen LogP contribution in [0.2, 0.25) is 0 Å². The van der Waals surface area contributed by atoms with Gasteiger partial charge in [-0.25, -0.2) is 13.6 Å². The number of anilines is 1. The van der Waals surface area contributed by atoms with Crippen molar-refractivity contribution in [1.29, 1.82) is 0 Å². The van der Waals surface area contributed by atoms with Crippen molar-refractivity contribution in [2.45, 2.75) is 50.0 Å². The quantitative estimate of drug-likeness (QED) is 0.894. The second kappa shape index (κ2) is 6.82. The van der Waals surface area contributed by atoms with Gasteiger partial charge in [-0.05, 0) is 63.0 Å². The number of benzene rings is 1. The van der Waals surface area contributed by atoms with Crippen molar-refractivity contribution in [3.63, 3.8) is 0 Å². The molecule has 7 heteroatoms. The van der Waals surface area contributed by atoms with Crippen LogP contribution in [0, 0.1) is 0 Å². The van der Waals surface area contributed by atoms with Gasteiger partial charge < -0.3 is 4.90 Å². The zero-order valence-electron chi connectivity index (χ0n) is 14.1. The number of hydrogen-bond donors (Lipinski definition) is 1. The van der Waals surface area contributed by atoms with Crippen LogP contribution in [-0.4, -0.2) is 44.9 Å². The molecule has 24 heavy (non-hydrogen) atoms. The predicted molar refractivity (Wildman–Crippen MR) is 93.4 cm³/mol. The Kier molecular flexibility index (Phi) is 4.94. The van der Waals surface area contributed by atoms with Crippen LogP contribution < -0.4 is 10.0 Å². The van der Waals surface area contributed by atoms with Gasteiger partial charge in [0.25, 0.3) is 0 Å². The summed E-state index contributed by atoms with van der Waals surface area (Å²) in [5.41, 5.74) is 1.69. The highest BCUT2D eigenvalue weighted by molar-refractivity contribution is 7.89. The Morgan fingerprint density at radius 3 is 2.50 bits per heavy atom.